The molecule has 26 heavy (non-hydrogen) atoms. The number of ether oxygens (including phenoxy) is 2. The fourth-order valence-electron chi connectivity index (χ4n) is 3.44. The number of rotatable bonds is 3. The van der Waals surface area contributed by atoms with E-state index in [1.807, 2.05) is 48.5 Å². The standard InChI is InChI=1S/C21H18N2O3/c1-25-13-7-9-17-19(11-13)26-18-10-12(22)6-8-16(18)20(17)14-4-2-3-5-15(14)21(23)24/h2-11,20H,22H2,1H3,(H2,23,24). The van der Waals surface area contributed by atoms with Crippen LogP contribution < -0.4 is 20.9 Å². The summed E-state index contributed by atoms with van der Waals surface area (Å²) in [5, 5.41) is 0. The minimum atomic E-state index is -0.459. The number of nitrogen functional groups attached to an aromatic ring is 1. The van der Waals surface area contributed by atoms with Gasteiger partial charge in [-0.25, -0.2) is 0 Å². The smallest absolute Gasteiger partial charge is 0.249 e. The molecule has 3 aromatic rings. The van der Waals surface area contributed by atoms with Crippen molar-refractivity contribution in [2.75, 3.05) is 12.8 Å². The number of nitrogens with two attached hydrogens (primary N) is 2. The van der Waals surface area contributed by atoms with E-state index in [-0.39, 0.29) is 5.92 Å². The van der Waals surface area contributed by atoms with Crippen LogP contribution in [-0.2, 0) is 0 Å². The van der Waals surface area contributed by atoms with Gasteiger partial charge in [-0.3, -0.25) is 4.79 Å². The molecular weight excluding hydrogens is 328 g/mol. The lowest BCUT2D eigenvalue weighted by Gasteiger charge is -2.30. The zero-order valence-corrected chi connectivity index (χ0v) is 14.2. The molecule has 0 saturated carbocycles. The molecule has 1 aliphatic rings. The average Bonchev–Trinajstić information content (AvgIpc) is 2.65. The highest BCUT2D eigenvalue weighted by molar-refractivity contribution is 5.95. The Balaban J connectivity index is 1.99. The summed E-state index contributed by atoms with van der Waals surface area (Å²) in [5.74, 6) is 1.38. The minimum absolute atomic E-state index is 0.191. The topological polar surface area (TPSA) is 87.6 Å². The first-order chi connectivity index (χ1) is 12.6. The van der Waals surface area contributed by atoms with E-state index in [1.54, 1.807) is 19.2 Å². The van der Waals surface area contributed by atoms with E-state index >= 15 is 0 Å². The zero-order chi connectivity index (χ0) is 18.3. The van der Waals surface area contributed by atoms with Crippen LogP contribution in [0, 0.1) is 0 Å². The number of amides is 1. The Kier molecular flexibility index (Phi) is 3.77. The van der Waals surface area contributed by atoms with E-state index in [1.165, 1.54) is 0 Å². The highest BCUT2D eigenvalue weighted by Gasteiger charge is 2.31. The van der Waals surface area contributed by atoms with Crippen LogP contribution in [0.4, 0.5) is 5.69 Å². The lowest BCUT2D eigenvalue weighted by molar-refractivity contribution is 0.0999. The lowest BCUT2D eigenvalue weighted by atomic mass is 9.80. The van der Waals surface area contributed by atoms with E-state index in [0.29, 0.717) is 28.5 Å². The molecular formula is C21H18N2O3. The lowest BCUT2D eigenvalue weighted by Crippen LogP contribution is -2.19. The van der Waals surface area contributed by atoms with Crippen molar-refractivity contribution < 1.29 is 14.3 Å². The molecule has 0 fully saturated rings. The molecule has 0 aliphatic carbocycles. The predicted molar refractivity (Wildman–Crippen MR) is 99.8 cm³/mol. The number of carbonyl (C=O) groups is 1. The van der Waals surface area contributed by atoms with Crippen molar-refractivity contribution in [3.05, 3.63) is 82.9 Å². The van der Waals surface area contributed by atoms with Crippen LogP contribution in [0.2, 0.25) is 0 Å². The number of primary amides is 1. The van der Waals surface area contributed by atoms with E-state index in [2.05, 4.69) is 0 Å². The number of carbonyl (C=O) groups excluding carboxylic acids is 1. The summed E-state index contributed by atoms with van der Waals surface area (Å²) in [5.41, 5.74) is 15.4. The highest BCUT2D eigenvalue weighted by Crippen LogP contribution is 2.49. The number of hydrogen-bond donors (Lipinski definition) is 2. The van der Waals surface area contributed by atoms with Crippen LogP contribution in [0.1, 0.15) is 33.0 Å². The summed E-state index contributed by atoms with van der Waals surface area (Å²) >= 11 is 0. The van der Waals surface area contributed by atoms with Crippen molar-refractivity contribution in [1.29, 1.82) is 0 Å². The molecule has 5 heteroatoms. The van der Waals surface area contributed by atoms with Gasteiger partial charge in [-0.1, -0.05) is 30.3 Å². The number of hydrogen-bond acceptors (Lipinski definition) is 4. The fourth-order valence-corrected chi connectivity index (χ4v) is 3.44. The maximum absolute atomic E-state index is 12.0. The first-order valence-corrected chi connectivity index (χ1v) is 8.22. The molecule has 0 spiro atoms. The average molecular weight is 346 g/mol. The van der Waals surface area contributed by atoms with Crippen molar-refractivity contribution in [1.82, 2.24) is 0 Å². The maximum atomic E-state index is 12.0. The Morgan fingerprint density at radius 1 is 0.962 bits per heavy atom. The molecule has 130 valence electrons. The molecule has 1 heterocycles. The predicted octanol–water partition coefficient (Wildman–Crippen LogP) is 3.66. The Hall–Kier alpha value is -3.47. The second-order valence-corrected chi connectivity index (χ2v) is 6.19. The number of methoxy groups -OCH3 is 1. The normalized spacial score (nSPS) is 14.7. The van der Waals surface area contributed by atoms with Gasteiger partial charge in [0.05, 0.1) is 7.11 Å². The van der Waals surface area contributed by atoms with Gasteiger partial charge in [0.15, 0.2) is 0 Å². The molecule has 0 saturated heterocycles. The van der Waals surface area contributed by atoms with Crippen LogP contribution in [-0.4, -0.2) is 13.0 Å². The monoisotopic (exact) mass is 346 g/mol. The minimum Gasteiger partial charge on any atom is -0.497 e. The van der Waals surface area contributed by atoms with Crippen LogP contribution in [0.5, 0.6) is 17.2 Å². The number of benzene rings is 3. The highest BCUT2D eigenvalue weighted by atomic mass is 16.5. The van der Waals surface area contributed by atoms with E-state index in [9.17, 15) is 4.79 Å². The summed E-state index contributed by atoms with van der Waals surface area (Å²) < 4.78 is 11.4. The Bertz CT molecular complexity index is 1010. The molecule has 5 nitrogen and oxygen atoms in total. The van der Waals surface area contributed by atoms with Gasteiger partial charge in [0.1, 0.15) is 17.2 Å². The molecule has 4 rings (SSSR count). The van der Waals surface area contributed by atoms with Crippen molar-refractivity contribution in [3.63, 3.8) is 0 Å². The Morgan fingerprint density at radius 2 is 1.65 bits per heavy atom. The molecule has 1 unspecified atom stereocenters. The third kappa shape index (κ3) is 2.54. The third-order valence-corrected chi connectivity index (χ3v) is 4.64. The molecule has 0 bridgehead atoms. The van der Waals surface area contributed by atoms with Crippen LogP contribution in [0.15, 0.2) is 60.7 Å². The fraction of sp³-hybridized carbons (Fsp3) is 0.0952. The Labute approximate surface area is 151 Å². The number of anilines is 1. The van der Waals surface area contributed by atoms with Crippen molar-refractivity contribution in [3.8, 4) is 17.2 Å². The second kappa shape index (κ2) is 6.11. The van der Waals surface area contributed by atoms with Crippen molar-refractivity contribution >= 4 is 11.6 Å². The molecule has 1 aliphatic heterocycles. The third-order valence-electron chi connectivity index (χ3n) is 4.64. The summed E-state index contributed by atoms with van der Waals surface area (Å²) in [6.45, 7) is 0. The van der Waals surface area contributed by atoms with Gasteiger partial charge < -0.3 is 20.9 Å². The van der Waals surface area contributed by atoms with Gasteiger partial charge in [-0.05, 0) is 23.8 Å². The molecule has 4 N–H and O–H groups in total. The van der Waals surface area contributed by atoms with Gasteiger partial charge in [-0.2, -0.15) is 0 Å². The van der Waals surface area contributed by atoms with E-state index in [4.69, 9.17) is 20.9 Å². The van der Waals surface area contributed by atoms with E-state index < -0.39 is 5.91 Å². The molecule has 1 amide bonds. The largest absolute Gasteiger partial charge is 0.497 e. The molecule has 1 atom stereocenters. The Morgan fingerprint density at radius 3 is 2.38 bits per heavy atom. The van der Waals surface area contributed by atoms with Gasteiger partial charge in [0.25, 0.3) is 0 Å². The van der Waals surface area contributed by atoms with Gasteiger partial charge >= 0.3 is 0 Å². The zero-order valence-electron chi connectivity index (χ0n) is 14.2. The van der Waals surface area contributed by atoms with Crippen LogP contribution >= 0.6 is 0 Å². The van der Waals surface area contributed by atoms with Crippen molar-refractivity contribution in [2.45, 2.75) is 5.92 Å². The molecule has 0 radical (unpaired) electrons. The maximum Gasteiger partial charge on any atom is 0.249 e. The van der Waals surface area contributed by atoms with Gasteiger partial charge in [0, 0.05) is 40.4 Å². The molecule has 0 aromatic heterocycles. The SMILES string of the molecule is COc1ccc2c(c1)Oc1cc(N)ccc1C2c1ccccc1C(N)=O. The number of fused-ring (bicyclic) bond motifs is 2. The first-order valence-electron chi connectivity index (χ1n) is 8.22. The quantitative estimate of drug-likeness (QED) is 0.554. The molecule has 3 aromatic carbocycles. The summed E-state index contributed by atoms with van der Waals surface area (Å²) in [6.07, 6.45) is 0. The van der Waals surface area contributed by atoms with Gasteiger partial charge in [0.2, 0.25) is 5.91 Å². The van der Waals surface area contributed by atoms with Gasteiger partial charge in [-0.15, -0.1) is 0 Å². The summed E-state index contributed by atoms with van der Waals surface area (Å²) in [7, 11) is 1.61. The van der Waals surface area contributed by atoms with Crippen LogP contribution in [0.3, 0.4) is 0 Å². The van der Waals surface area contributed by atoms with E-state index in [0.717, 1.165) is 16.7 Å². The summed E-state index contributed by atoms with van der Waals surface area (Å²) in [6, 6.07) is 18.6. The van der Waals surface area contributed by atoms with Crippen molar-refractivity contribution in [2.24, 2.45) is 5.73 Å². The first kappa shape index (κ1) is 16.0. The second-order valence-electron chi connectivity index (χ2n) is 6.19. The summed E-state index contributed by atoms with van der Waals surface area (Å²) in [4.78, 5) is 12.0. The van der Waals surface area contributed by atoms with Crippen LogP contribution in [0.25, 0.3) is 0 Å².